The van der Waals surface area contributed by atoms with Crippen molar-refractivity contribution in [3.8, 4) is 11.5 Å². The second kappa shape index (κ2) is 8.59. The Morgan fingerprint density at radius 1 is 1.23 bits per heavy atom. The van der Waals surface area contributed by atoms with E-state index in [9.17, 15) is 4.79 Å². The molecule has 160 valence electrons. The first-order valence-electron chi connectivity index (χ1n) is 10.4. The molecule has 0 aromatic carbocycles. The van der Waals surface area contributed by atoms with Crippen LogP contribution in [0.4, 0.5) is 5.82 Å². The fourth-order valence-electron chi connectivity index (χ4n) is 3.71. The van der Waals surface area contributed by atoms with Gasteiger partial charge in [-0.2, -0.15) is 5.10 Å². The molecule has 8 heteroatoms. The maximum absolute atomic E-state index is 13.1. The van der Waals surface area contributed by atoms with E-state index in [1.54, 1.807) is 29.3 Å². The Morgan fingerprint density at radius 2 is 2.03 bits per heavy atom. The summed E-state index contributed by atoms with van der Waals surface area (Å²) in [4.78, 5) is 24.5. The first kappa shape index (κ1) is 20.6. The number of hydrogen-bond donors (Lipinski definition) is 1. The number of aryl methyl sites for hydroxylation is 2. The van der Waals surface area contributed by atoms with Crippen LogP contribution < -0.4 is 10.2 Å². The normalized spacial score (nSPS) is 11.1. The summed E-state index contributed by atoms with van der Waals surface area (Å²) < 4.78 is 7.18. The van der Waals surface area contributed by atoms with E-state index in [1.807, 2.05) is 32.2 Å². The van der Waals surface area contributed by atoms with Gasteiger partial charge in [-0.3, -0.25) is 9.48 Å². The smallest absolute Gasteiger partial charge is 0.252 e. The van der Waals surface area contributed by atoms with Gasteiger partial charge in [0.25, 0.3) is 5.91 Å². The number of fused-ring (bicyclic) bond motifs is 1. The highest BCUT2D eigenvalue weighted by atomic mass is 16.3. The molecule has 4 aromatic heterocycles. The van der Waals surface area contributed by atoms with E-state index in [2.05, 4.69) is 39.1 Å². The van der Waals surface area contributed by atoms with Crippen molar-refractivity contribution in [2.24, 2.45) is 7.05 Å². The zero-order valence-electron chi connectivity index (χ0n) is 18.2. The highest BCUT2D eigenvalue weighted by Crippen LogP contribution is 2.27. The molecule has 0 unspecified atom stereocenters. The van der Waals surface area contributed by atoms with Crippen LogP contribution in [0.1, 0.15) is 35.5 Å². The van der Waals surface area contributed by atoms with Crippen LogP contribution in [0.25, 0.3) is 22.5 Å². The van der Waals surface area contributed by atoms with Crippen LogP contribution in [-0.2, 0) is 13.6 Å². The van der Waals surface area contributed by atoms with Crippen molar-refractivity contribution in [3.63, 3.8) is 0 Å². The van der Waals surface area contributed by atoms with Crippen LogP contribution in [-0.4, -0.2) is 38.7 Å². The summed E-state index contributed by atoms with van der Waals surface area (Å²) in [6.45, 7) is 8.27. The van der Waals surface area contributed by atoms with Gasteiger partial charge < -0.3 is 14.6 Å². The average molecular weight is 419 g/mol. The number of furan rings is 1. The Balaban J connectivity index is 1.60. The quantitative estimate of drug-likeness (QED) is 0.492. The van der Waals surface area contributed by atoms with Crippen LogP contribution >= 0.6 is 0 Å². The summed E-state index contributed by atoms with van der Waals surface area (Å²) in [5.41, 5.74) is 3.45. The number of nitrogens with one attached hydrogen (secondary N) is 1. The molecule has 31 heavy (non-hydrogen) atoms. The lowest BCUT2D eigenvalue weighted by Gasteiger charge is -2.19. The average Bonchev–Trinajstić information content (AvgIpc) is 3.42. The van der Waals surface area contributed by atoms with Gasteiger partial charge in [0, 0.05) is 32.9 Å². The van der Waals surface area contributed by atoms with E-state index in [0.29, 0.717) is 29.2 Å². The molecule has 4 rings (SSSR count). The minimum Gasteiger partial charge on any atom is -0.463 e. The maximum atomic E-state index is 13.1. The Hall–Kier alpha value is -3.68. The van der Waals surface area contributed by atoms with E-state index in [4.69, 9.17) is 4.42 Å². The van der Waals surface area contributed by atoms with Gasteiger partial charge in [0.2, 0.25) is 0 Å². The highest BCUT2D eigenvalue weighted by Gasteiger charge is 2.20. The maximum Gasteiger partial charge on any atom is 0.252 e. The fourth-order valence-corrected chi connectivity index (χ4v) is 3.71. The number of carbonyl (C=O) groups excluding carboxylic acids is 1. The van der Waals surface area contributed by atoms with Crippen LogP contribution in [0.2, 0.25) is 0 Å². The molecule has 0 aliphatic heterocycles. The molecule has 0 saturated carbocycles. The van der Waals surface area contributed by atoms with Gasteiger partial charge in [0.05, 0.1) is 22.9 Å². The second-order valence-electron chi connectivity index (χ2n) is 7.32. The number of aromatic nitrogens is 4. The van der Waals surface area contributed by atoms with E-state index >= 15 is 0 Å². The molecule has 4 aromatic rings. The highest BCUT2D eigenvalue weighted by molar-refractivity contribution is 6.07. The fraction of sp³-hybridized carbons (Fsp3) is 0.304. The van der Waals surface area contributed by atoms with Crippen molar-refractivity contribution in [2.45, 2.75) is 27.3 Å². The predicted molar refractivity (Wildman–Crippen MR) is 120 cm³/mol. The Bertz CT molecular complexity index is 1190. The first-order valence-corrected chi connectivity index (χ1v) is 10.4. The SMILES string of the molecule is CCN(CC)c1ccc(CNC(=O)c2cc(-c3ccco3)nc3c2c(C)nn3C)cn1. The van der Waals surface area contributed by atoms with Crippen molar-refractivity contribution in [1.29, 1.82) is 0 Å². The number of rotatable bonds is 7. The topological polar surface area (TPSA) is 89.1 Å². The zero-order chi connectivity index (χ0) is 22.0. The summed E-state index contributed by atoms with van der Waals surface area (Å²) in [5.74, 6) is 1.35. The molecular formula is C23H26N6O2. The summed E-state index contributed by atoms with van der Waals surface area (Å²) in [5, 5.41) is 8.19. The third kappa shape index (κ3) is 4.01. The second-order valence-corrected chi connectivity index (χ2v) is 7.32. The van der Waals surface area contributed by atoms with Crippen LogP contribution in [0.3, 0.4) is 0 Å². The van der Waals surface area contributed by atoms with Gasteiger partial charge in [-0.25, -0.2) is 9.97 Å². The Morgan fingerprint density at radius 3 is 2.68 bits per heavy atom. The van der Waals surface area contributed by atoms with Crippen molar-refractivity contribution in [1.82, 2.24) is 25.1 Å². The van der Waals surface area contributed by atoms with Crippen molar-refractivity contribution < 1.29 is 9.21 Å². The molecule has 0 atom stereocenters. The lowest BCUT2D eigenvalue weighted by Crippen LogP contribution is -2.24. The van der Waals surface area contributed by atoms with Gasteiger partial charge in [-0.05, 0) is 50.6 Å². The molecule has 0 bridgehead atoms. The Labute approximate surface area is 180 Å². The standard InChI is InChI=1S/C23H26N6O2/c1-5-29(6-2)20-10-9-16(13-24-20)14-25-23(30)17-12-18(19-8-7-11-31-19)26-22-21(17)15(3)27-28(22)4/h7-13H,5-6,14H2,1-4H3,(H,25,30). The number of nitrogens with zero attached hydrogens (tertiary/aromatic N) is 5. The lowest BCUT2D eigenvalue weighted by molar-refractivity contribution is 0.0952. The summed E-state index contributed by atoms with van der Waals surface area (Å²) >= 11 is 0. The van der Waals surface area contributed by atoms with E-state index in [0.717, 1.165) is 35.6 Å². The monoisotopic (exact) mass is 418 g/mol. The molecular weight excluding hydrogens is 392 g/mol. The molecule has 0 aliphatic rings. The van der Waals surface area contributed by atoms with Crippen molar-refractivity contribution in [2.75, 3.05) is 18.0 Å². The van der Waals surface area contributed by atoms with Gasteiger partial charge >= 0.3 is 0 Å². The Kier molecular flexibility index (Phi) is 5.70. The molecule has 0 fully saturated rings. The summed E-state index contributed by atoms with van der Waals surface area (Å²) in [7, 11) is 1.82. The molecule has 0 saturated heterocycles. The molecule has 8 nitrogen and oxygen atoms in total. The first-order chi connectivity index (χ1) is 15.0. The van der Waals surface area contributed by atoms with Crippen molar-refractivity contribution in [3.05, 3.63) is 59.6 Å². The van der Waals surface area contributed by atoms with Crippen LogP contribution in [0, 0.1) is 6.92 Å². The molecule has 4 heterocycles. The number of anilines is 1. The minimum absolute atomic E-state index is 0.191. The molecule has 0 aliphatic carbocycles. The molecule has 1 N–H and O–H groups in total. The lowest BCUT2D eigenvalue weighted by atomic mass is 10.1. The number of amides is 1. The zero-order valence-corrected chi connectivity index (χ0v) is 18.2. The number of pyridine rings is 2. The summed E-state index contributed by atoms with van der Waals surface area (Å²) in [6, 6.07) is 9.35. The predicted octanol–water partition coefficient (Wildman–Crippen LogP) is 3.71. The number of hydrogen-bond acceptors (Lipinski definition) is 6. The van der Waals surface area contributed by atoms with Crippen LogP contribution in [0.15, 0.2) is 47.2 Å². The van der Waals surface area contributed by atoms with Gasteiger partial charge in [-0.15, -0.1) is 0 Å². The third-order valence-corrected chi connectivity index (χ3v) is 5.34. The van der Waals surface area contributed by atoms with E-state index in [-0.39, 0.29) is 5.91 Å². The third-order valence-electron chi connectivity index (χ3n) is 5.34. The molecule has 0 spiro atoms. The van der Waals surface area contributed by atoms with Gasteiger partial charge in [0.1, 0.15) is 11.5 Å². The van der Waals surface area contributed by atoms with E-state index < -0.39 is 0 Å². The summed E-state index contributed by atoms with van der Waals surface area (Å²) in [6.07, 6.45) is 3.39. The van der Waals surface area contributed by atoms with Gasteiger partial charge in [0.15, 0.2) is 11.4 Å². The van der Waals surface area contributed by atoms with Gasteiger partial charge in [-0.1, -0.05) is 6.07 Å². The van der Waals surface area contributed by atoms with E-state index in [1.165, 1.54) is 0 Å². The van der Waals surface area contributed by atoms with Crippen molar-refractivity contribution >= 4 is 22.8 Å². The molecule has 0 radical (unpaired) electrons. The van der Waals surface area contributed by atoms with Crippen LogP contribution in [0.5, 0.6) is 0 Å². The molecule has 1 amide bonds. The number of carbonyl (C=O) groups is 1. The minimum atomic E-state index is -0.191. The largest absolute Gasteiger partial charge is 0.463 e.